The second-order valence-electron chi connectivity index (χ2n) is 5.80. The molecule has 2 aliphatic heterocycles. The normalized spacial score (nSPS) is 30.0. The van der Waals surface area contributed by atoms with E-state index < -0.39 is 10.0 Å². The minimum Gasteiger partial charge on any atom is -0.325 e. The van der Waals surface area contributed by atoms with Crippen LogP contribution in [0.3, 0.4) is 0 Å². The van der Waals surface area contributed by atoms with E-state index in [0.29, 0.717) is 23.1 Å². The number of anilines is 1. The third-order valence-electron chi connectivity index (χ3n) is 4.46. The minimum absolute atomic E-state index is 0.000304. The molecule has 8 heteroatoms. The van der Waals surface area contributed by atoms with Crippen molar-refractivity contribution < 1.29 is 13.2 Å². The number of nitrogens with one attached hydrogen (secondary N) is 3. The molecule has 1 saturated carbocycles. The molecule has 0 bridgehead atoms. The van der Waals surface area contributed by atoms with Gasteiger partial charge in [-0.1, -0.05) is 11.6 Å². The number of carbonyl (C=O) groups excluding carboxylic acids is 1. The number of hydrogen-bond donors (Lipinski definition) is 3. The summed E-state index contributed by atoms with van der Waals surface area (Å²) in [6.45, 7) is 1.71. The van der Waals surface area contributed by atoms with Gasteiger partial charge < -0.3 is 10.6 Å². The van der Waals surface area contributed by atoms with Crippen molar-refractivity contribution in [2.75, 3.05) is 18.4 Å². The molecule has 1 aromatic carbocycles. The van der Waals surface area contributed by atoms with Gasteiger partial charge in [0.2, 0.25) is 15.9 Å². The standard InChI is InChI=1S/C13H14ClN3O3S/c14-9-3-10-6(2-12(18)16-10)1-11(9)21(19,20)17-13-7-4-15-5-8(7)13/h1,3,7-8,13,15,17H,2,4-5H2,(H,16,18). The molecule has 4 rings (SSSR count). The lowest BCUT2D eigenvalue weighted by Gasteiger charge is -2.11. The summed E-state index contributed by atoms with van der Waals surface area (Å²) in [5.74, 6) is 0.624. The third kappa shape index (κ3) is 2.15. The molecule has 2 unspecified atom stereocenters. The second kappa shape index (κ2) is 4.42. The Bertz CT molecular complexity index is 739. The molecular formula is C13H14ClN3O3S. The average molecular weight is 328 g/mol. The molecule has 2 fully saturated rings. The van der Waals surface area contributed by atoms with Gasteiger partial charge in [0.1, 0.15) is 4.90 Å². The maximum atomic E-state index is 12.5. The molecule has 1 amide bonds. The molecule has 2 atom stereocenters. The largest absolute Gasteiger partial charge is 0.325 e. The van der Waals surface area contributed by atoms with Crippen molar-refractivity contribution >= 4 is 33.2 Å². The van der Waals surface area contributed by atoms with Crippen LogP contribution in [0.5, 0.6) is 0 Å². The summed E-state index contributed by atoms with van der Waals surface area (Å²) >= 11 is 6.08. The van der Waals surface area contributed by atoms with E-state index >= 15 is 0 Å². The minimum atomic E-state index is -3.66. The fourth-order valence-electron chi connectivity index (χ4n) is 3.27. The monoisotopic (exact) mass is 327 g/mol. The number of hydrogen-bond acceptors (Lipinski definition) is 4. The zero-order valence-electron chi connectivity index (χ0n) is 11.0. The fourth-order valence-corrected chi connectivity index (χ4v) is 5.18. The first-order valence-electron chi connectivity index (χ1n) is 6.81. The van der Waals surface area contributed by atoms with Gasteiger partial charge in [0, 0.05) is 11.7 Å². The number of piperidine rings is 1. The van der Waals surface area contributed by atoms with Crippen LogP contribution in [-0.4, -0.2) is 33.5 Å². The molecule has 0 aromatic heterocycles. The number of fused-ring (bicyclic) bond motifs is 2. The van der Waals surface area contributed by atoms with E-state index in [4.69, 9.17) is 11.6 Å². The summed E-state index contributed by atoms with van der Waals surface area (Å²) in [4.78, 5) is 11.4. The Morgan fingerprint density at radius 1 is 1.24 bits per heavy atom. The predicted molar refractivity (Wildman–Crippen MR) is 77.7 cm³/mol. The van der Waals surface area contributed by atoms with Crippen LogP contribution in [0.2, 0.25) is 5.02 Å². The molecule has 1 aromatic rings. The van der Waals surface area contributed by atoms with Crippen LogP contribution in [-0.2, 0) is 21.2 Å². The number of halogens is 1. The van der Waals surface area contributed by atoms with Gasteiger partial charge in [0.15, 0.2) is 0 Å². The van der Waals surface area contributed by atoms with E-state index in [1.807, 2.05) is 0 Å². The van der Waals surface area contributed by atoms with E-state index in [9.17, 15) is 13.2 Å². The number of rotatable bonds is 3. The summed E-state index contributed by atoms with van der Waals surface area (Å²) in [7, 11) is -3.66. The molecule has 112 valence electrons. The number of sulfonamides is 1. The van der Waals surface area contributed by atoms with Gasteiger partial charge in [0.25, 0.3) is 0 Å². The molecule has 0 radical (unpaired) electrons. The first-order valence-corrected chi connectivity index (χ1v) is 8.67. The van der Waals surface area contributed by atoms with Crippen molar-refractivity contribution in [1.29, 1.82) is 0 Å². The first kappa shape index (κ1) is 13.5. The Kier molecular flexibility index (Phi) is 2.85. The van der Waals surface area contributed by atoms with Gasteiger partial charge >= 0.3 is 0 Å². The van der Waals surface area contributed by atoms with Gasteiger partial charge in [-0.15, -0.1) is 0 Å². The van der Waals surface area contributed by atoms with Crippen LogP contribution in [0.4, 0.5) is 5.69 Å². The van der Waals surface area contributed by atoms with Crippen LogP contribution in [0, 0.1) is 11.8 Å². The Morgan fingerprint density at radius 2 is 1.95 bits per heavy atom. The van der Waals surface area contributed by atoms with Gasteiger partial charge in [-0.05, 0) is 42.6 Å². The quantitative estimate of drug-likeness (QED) is 0.746. The number of amides is 1. The Morgan fingerprint density at radius 3 is 2.67 bits per heavy atom. The highest BCUT2D eigenvalue weighted by atomic mass is 35.5. The van der Waals surface area contributed by atoms with Gasteiger partial charge in [0.05, 0.1) is 11.4 Å². The van der Waals surface area contributed by atoms with Crippen molar-refractivity contribution in [2.24, 2.45) is 11.8 Å². The van der Waals surface area contributed by atoms with Gasteiger partial charge in [-0.3, -0.25) is 4.79 Å². The third-order valence-corrected chi connectivity index (χ3v) is 6.38. The van der Waals surface area contributed by atoms with Crippen LogP contribution in [0.25, 0.3) is 0 Å². The fraction of sp³-hybridized carbons (Fsp3) is 0.462. The topological polar surface area (TPSA) is 87.3 Å². The highest BCUT2D eigenvalue weighted by molar-refractivity contribution is 7.89. The molecule has 3 N–H and O–H groups in total. The number of benzene rings is 1. The van der Waals surface area contributed by atoms with Crippen molar-refractivity contribution in [3.05, 3.63) is 22.7 Å². The smallest absolute Gasteiger partial charge is 0.242 e. The zero-order chi connectivity index (χ0) is 14.8. The zero-order valence-corrected chi connectivity index (χ0v) is 12.6. The second-order valence-corrected chi connectivity index (χ2v) is 7.89. The molecular weight excluding hydrogens is 314 g/mol. The summed E-state index contributed by atoms with van der Waals surface area (Å²) in [6.07, 6.45) is 0.188. The molecule has 6 nitrogen and oxygen atoms in total. The first-order chi connectivity index (χ1) is 9.95. The highest BCUT2D eigenvalue weighted by Gasteiger charge is 2.54. The molecule has 2 heterocycles. The maximum absolute atomic E-state index is 12.5. The molecule has 0 spiro atoms. The van der Waals surface area contributed by atoms with Crippen molar-refractivity contribution in [2.45, 2.75) is 17.4 Å². The van der Waals surface area contributed by atoms with Crippen molar-refractivity contribution in [1.82, 2.24) is 10.0 Å². The number of carbonyl (C=O) groups is 1. The van der Waals surface area contributed by atoms with E-state index in [1.165, 1.54) is 12.1 Å². The van der Waals surface area contributed by atoms with Crippen molar-refractivity contribution in [3.8, 4) is 0 Å². The van der Waals surface area contributed by atoms with Crippen LogP contribution in [0.15, 0.2) is 17.0 Å². The Labute approximate surface area is 127 Å². The highest BCUT2D eigenvalue weighted by Crippen LogP contribution is 2.43. The summed E-state index contributed by atoms with van der Waals surface area (Å²) in [5, 5.41) is 6.01. The lowest BCUT2D eigenvalue weighted by molar-refractivity contribution is -0.115. The molecule has 21 heavy (non-hydrogen) atoms. The van der Waals surface area contributed by atoms with Crippen LogP contribution < -0.4 is 15.4 Å². The van der Waals surface area contributed by atoms with Gasteiger partial charge in [-0.2, -0.15) is 0 Å². The molecule has 1 saturated heterocycles. The summed E-state index contributed by atoms with van der Waals surface area (Å²) < 4.78 is 27.7. The lowest BCUT2D eigenvalue weighted by Crippen LogP contribution is -2.32. The SMILES string of the molecule is O=C1Cc2cc(S(=O)(=O)NC3C4CNCC43)c(Cl)cc2N1. The average Bonchev–Trinajstić information content (AvgIpc) is 2.80. The Balaban J connectivity index is 1.63. The predicted octanol–water partition coefficient (Wildman–Crippen LogP) is 0.331. The lowest BCUT2D eigenvalue weighted by atomic mass is 10.2. The van der Waals surface area contributed by atoms with E-state index in [0.717, 1.165) is 13.1 Å². The maximum Gasteiger partial charge on any atom is 0.242 e. The molecule has 1 aliphatic carbocycles. The molecule has 3 aliphatic rings. The van der Waals surface area contributed by atoms with Crippen LogP contribution >= 0.6 is 11.6 Å². The van der Waals surface area contributed by atoms with Crippen LogP contribution in [0.1, 0.15) is 5.56 Å². The van der Waals surface area contributed by atoms with E-state index in [-0.39, 0.29) is 28.3 Å². The summed E-state index contributed by atoms with van der Waals surface area (Å²) in [6, 6.07) is 3.00. The van der Waals surface area contributed by atoms with E-state index in [1.54, 1.807) is 0 Å². The Hall–Kier alpha value is -1.15. The summed E-state index contributed by atoms with van der Waals surface area (Å²) in [5.41, 5.74) is 1.26. The van der Waals surface area contributed by atoms with Crippen molar-refractivity contribution in [3.63, 3.8) is 0 Å². The van der Waals surface area contributed by atoms with Gasteiger partial charge in [-0.25, -0.2) is 13.1 Å². The van der Waals surface area contributed by atoms with E-state index in [2.05, 4.69) is 15.4 Å².